The molecule has 1 aromatic carbocycles. The molecule has 1 saturated heterocycles. The van der Waals surface area contributed by atoms with Gasteiger partial charge in [-0.05, 0) is 24.0 Å². The Kier molecular flexibility index (Phi) is 7.98. The van der Waals surface area contributed by atoms with E-state index in [-0.39, 0.29) is 30.2 Å². The Balaban J connectivity index is 0.00000144. The third kappa shape index (κ3) is 5.07. The third-order valence-corrected chi connectivity index (χ3v) is 5.61. The molecule has 1 aliphatic rings. The standard InChI is InChI=1S/C17H22ClN3S.2ClH/c1-17(2)11-21(8-7-15(17)19)9-14-10-22-16(20-14)12-3-5-13(18)6-4-12;;/h3-6,10,15H,7-9,11,19H2,1-2H3;2*1H. The minimum absolute atomic E-state index is 0. The van der Waals surface area contributed by atoms with Gasteiger partial charge in [-0.2, -0.15) is 0 Å². The highest BCUT2D eigenvalue weighted by atomic mass is 35.5. The van der Waals surface area contributed by atoms with Gasteiger partial charge in [0.2, 0.25) is 0 Å². The Morgan fingerprint density at radius 3 is 2.58 bits per heavy atom. The maximum absolute atomic E-state index is 6.21. The van der Waals surface area contributed by atoms with Crippen LogP contribution in [0.15, 0.2) is 29.6 Å². The van der Waals surface area contributed by atoms with Crippen molar-refractivity contribution in [2.45, 2.75) is 32.9 Å². The predicted molar refractivity (Wildman–Crippen MR) is 109 cm³/mol. The van der Waals surface area contributed by atoms with Gasteiger partial charge in [0.15, 0.2) is 0 Å². The zero-order valence-electron chi connectivity index (χ0n) is 13.9. The van der Waals surface area contributed by atoms with Crippen molar-refractivity contribution in [3.8, 4) is 10.6 Å². The van der Waals surface area contributed by atoms with Crippen molar-refractivity contribution in [1.29, 1.82) is 0 Å². The first kappa shape index (κ1) is 21.7. The Labute approximate surface area is 165 Å². The van der Waals surface area contributed by atoms with E-state index in [1.54, 1.807) is 11.3 Å². The fourth-order valence-electron chi connectivity index (χ4n) is 2.95. The molecular weight excluding hydrogens is 385 g/mol. The number of thiazole rings is 1. The topological polar surface area (TPSA) is 42.2 Å². The molecule has 3 nitrogen and oxygen atoms in total. The van der Waals surface area contributed by atoms with Crippen molar-refractivity contribution in [3.63, 3.8) is 0 Å². The van der Waals surface area contributed by atoms with Gasteiger partial charge in [-0.3, -0.25) is 4.90 Å². The van der Waals surface area contributed by atoms with E-state index in [1.165, 1.54) is 0 Å². The molecule has 1 unspecified atom stereocenters. The van der Waals surface area contributed by atoms with Crippen molar-refractivity contribution in [2.75, 3.05) is 13.1 Å². The molecule has 0 spiro atoms. The summed E-state index contributed by atoms with van der Waals surface area (Å²) in [7, 11) is 0. The van der Waals surface area contributed by atoms with E-state index in [0.717, 1.165) is 47.3 Å². The van der Waals surface area contributed by atoms with Gasteiger partial charge in [0.05, 0.1) is 5.69 Å². The molecule has 1 aliphatic heterocycles. The number of hydrogen-bond acceptors (Lipinski definition) is 4. The van der Waals surface area contributed by atoms with Crippen molar-refractivity contribution >= 4 is 47.8 Å². The van der Waals surface area contributed by atoms with Crippen LogP contribution in [0.25, 0.3) is 10.6 Å². The summed E-state index contributed by atoms with van der Waals surface area (Å²) in [4.78, 5) is 7.24. The summed E-state index contributed by atoms with van der Waals surface area (Å²) < 4.78 is 0. The highest BCUT2D eigenvalue weighted by Gasteiger charge is 2.33. The molecule has 2 aromatic rings. The van der Waals surface area contributed by atoms with Crippen molar-refractivity contribution < 1.29 is 0 Å². The summed E-state index contributed by atoms with van der Waals surface area (Å²) in [6.45, 7) is 7.49. The maximum atomic E-state index is 6.21. The number of benzene rings is 1. The van der Waals surface area contributed by atoms with Gasteiger partial charge in [0.25, 0.3) is 0 Å². The number of rotatable bonds is 3. The number of halogens is 3. The number of hydrogen-bond donors (Lipinski definition) is 1. The minimum atomic E-state index is 0. The molecule has 0 saturated carbocycles. The van der Waals surface area contributed by atoms with E-state index in [1.807, 2.05) is 24.3 Å². The molecule has 0 bridgehead atoms. The Morgan fingerprint density at radius 2 is 1.96 bits per heavy atom. The number of likely N-dealkylation sites (tertiary alicyclic amines) is 1. The zero-order chi connectivity index (χ0) is 15.7. The van der Waals surface area contributed by atoms with E-state index < -0.39 is 0 Å². The van der Waals surface area contributed by atoms with E-state index in [9.17, 15) is 0 Å². The van der Waals surface area contributed by atoms with Crippen LogP contribution in [-0.4, -0.2) is 29.0 Å². The molecule has 0 amide bonds. The number of aromatic nitrogens is 1. The predicted octanol–water partition coefficient (Wildman–Crippen LogP) is 4.87. The molecule has 1 atom stereocenters. The summed E-state index contributed by atoms with van der Waals surface area (Å²) in [5, 5.41) is 3.97. The average Bonchev–Trinajstić information content (AvgIpc) is 2.92. The first-order chi connectivity index (χ1) is 10.4. The lowest BCUT2D eigenvalue weighted by molar-refractivity contribution is 0.0891. The molecule has 134 valence electrons. The van der Waals surface area contributed by atoms with Crippen LogP contribution in [0.1, 0.15) is 26.0 Å². The van der Waals surface area contributed by atoms with E-state index in [2.05, 4.69) is 24.1 Å². The van der Waals surface area contributed by atoms with Crippen LogP contribution in [0.4, 0.5) is 0 Å². The highest BCUT2D eigenvalue weighted by molar-refractivity contribution is 7.13. The quantitative estimate of drug-likeness (QED) is 0.788. The van der Waals surface area contributed by atoms with Crippen LogP contribution in [0.5, 0.6) is 0 Å². The normalized spacial score (nSPS) is 20.1. The van der Waals surface area contributed by atoms with Gasteiger partial charge in [-0.25, -0.2) is 4.98 Å². The van der Waals surface area contributed by atoms with E-state index >= 15 is 0 Å². The second-order valence-corrected chi connectivity index (χ2v) is 8.04. The lowest BCUT2D eigenvalue weighted by atomic mass is 9.80. The van der Waals surface area contributed by atoms with Gasteiger partial charge >= 0.3 is 0 Å². The summed E-state index contributed by atoms with van der Waals surface area (Å²) in [6.07, 6.45) is 1.06. The summed E-state index contributed by atoms with van der Waals surface area (Å²) in [5.74, 6) is 0. The van der Waals surface area contributed by atoms with Gasteiger partial charge < -0.3 is 5.73 Å². The van der Waals surface area contributed by atoms with E-state index in [4.69, 9.17) is 22.3 Å². The Morgan fingerprint density at radius 1 is 1.29 bits per heavy atom. The highest BCUT2D eigenvalue weighted by Crippen LogP contribution is 2.30. The van der Waals surface area contributed by atoms with Crippen molar-refractivity contribution in [2.24, 2.45) is 11.1 Å². The van der Waals surface area contributed by atoms with Crippen LogP contribution >= 0.6 is 47.8 Å². The van der Waals surface area contributed by atoms with Crippen LogP contribution in [-0.2, 0) is 6.54 Å². The van der Waals surface area contributed by atoms with Crippen molar-refractivity contribution in [3.05, 3.63) is 40.4 Å². The fourth-order valence-corrected chi connectivity index (χ4v) is 3.90. The summed E-state index contributed by atoms with van der Waals surface area (Å²) in [6, 6.07) is 8.16. The van der Waals surface area contributed by atoms with Crippen LogP contribution < -0.4 is 5.73 Å². The SMILES string of the molecule is CC1(C)CN(Cc2csc(-c3ccc(Cl)cc3)n2)CCC1N.Cl.Cl. The molecule has 24 heavy (non-hydrogen) atoms. The van der Waals surface area contributed by atoms with Crippen LogP contribution in [0, 0.1) is 5.41 Å². The molecule has 1 aromatic heterocycles. The average molecular weight is 409 g/mol. The van der Waals surface area contributed by atoms with Gasteiger partial charge in [0, 0.05) is 41.6 Å². The maximum Gasteiger partial charge on any atom is 0.123 e. The monoisotopic (exact) mass is 407 g/mol. The Hall–Kier alpha value is -0.360. The first-order valence-corrected chi connectivity index (χ1v) is 8.88. The number of nitrogens with zero attached hydrogens (tertiary/aromatic N) is 2. The lowest BCUT2D eigenvalue weighted by Crippen LogP contribution is -2.52. The first-order valence-electron chi connectivity index (χ1n) is 7.62. The van der Waals surface area contributed by atoms with Crippen LogP contribution in [0.3, 0.4) is 0 Å². The second kappa shape index (κ2) is 8.84. The molecule has 2 heterocycles. The lowest BCUT2D eigenvalue weighted by Gasteiger charge is -2.42. The Bertz CT molecular complexity index is 643. The third-order valence-electron chi connectivity index (χ3n) is 4.42. The smallest absolute Gasteiger partial charge is 0.123 e. The number of piperidine rings is 1. The summed E-state index contributed by atoms with van der Waals surface area (Å²) >= 11 is 7.63. The fraction of sp³-hybridized carbons (Fsp3) is 0.471. The van der Waals surface area contributed by atoms with Gasteiger partial charge in [-0.15, -0.1) is 36.2 Å². The van der Waals surface area contributed by atoms with Crippen molar-refractivity contribution in [1.82, 2.24) is 9.88 Å². The van der Waals surface area contributed by atoms with Gasteiger partial charge in [-0.1, -0.05) is 37.6 Å². The largest absolute Gasteiger partial charge is 0.327 e. The minimum Gasteiger partial charge on any atom is -0.327 e. The second-order valence-electron chi connectivity index (χ2n) is 6.75. The number of nitrogens with two attached hydrogens (primary N) is 1. The molecule has 3 rings (SSSR count). The zero-order valence-corrected chi connectivity index (χ0v) is 17.1. The molecule has 2 N–H and O–H groups in total. The molecular formula is C17H24Cl3N3S. The molecule has 7 heteroatoms. The molecule has 0 radical (unpaired) electrons. The van der Waals surface area contributed by atoms with E-state index in [0.29, 0.717) is 6.04 Å². The summed E-state index contributed by atoms with van der Waals surface area (Å²) in [5.41, 5.74) is 8.65. The molecule has 0 aliphatic carbocycles. The van der Waals surface area contributed by atoms with Gasteiger partial charge in [0.1, 0.15) is 5.01 Å². The van der Waals surface area contributed by atoms with Crippen LogP contribution in [0.2, 0.25) is 5.02 Å². The molecule has 1 fully saturated rings.